The molecular formula is C14H19BFNO4. The molecule has 21 heavy (non-hydrogen) atoms. The molecule has 0 amide bonds. The third kappa shape index (κ3) is 2.51. The Morgan fingerprint density at radius 2 is 1.76 bits per heavy atom. The number of esters is 1. The van der Waals surface area contributed by atoms with Crippen molar-refractivity contribution in [3.05, 3.63) is 23.5 Å². The number of carbonyl (C=O) groups excluding carboxylic acids is 1. The Bertz CT molecular complexity index is 573. The zero-order valence-electron chi connectivity index (χ0n) is 12.8. The molecule has 5 nitrogen and oxygen atoms in total. The number of methoxy groups -OCH3 is 1. The summed E-state index contributed by atoms with van der Waals surface area (Å²) in [5, 5.41) is 0. The topological polar surface area (TPSA) is 70.8 Å². The van der Waals surface area contributed by atoms with E-state index in [4.69, 9.17) is 15.0 Å². The molecule has 1 fully saturated rings. The number of halogens is 1. The molecule has 0 atom stereocenters. The number of hydrogen-bond donors (Lipinski definition) is 1. The Morgan fingerprint density at radius 3 is 2.24 bits per heavy atom. The lowest BCUT2D eigenvalue weighted by Gasteiger charge is -2.32. The van der Waals surface area contributed by atoms with E-state index < -0.39 is 30.1 Å². The first-order chi connectivity index (χ1) is 9.60. The highest BCUT2D eigenvalue weighted by atomic mass is 19.1. The summed E-state index contributed by atoms with van der Waals surface area (Å²) in [6.45, 7) is 7.49. The highest BCUT2D eigenvalue weighted by Gasteiger charge is 2.52. The van der Waals surface area contributed by atoms with Crippen LogP contribution < -0.4 is 11.2 Å². The van der Waals surface area contributed by atoms with Crippen LogP contribution in [-0.2, 0) is 14.0 Å². The van der Waals surface area contributed by atoms with Crippen LogP contribution in [0, 0.1) is 5.82 Å². The molecule has 1 aliphatic heterocycles. The van der Waals surface area contributed by atoms with E-state index in [0.717, 1.165) is 0 Å². The van der Waals surface area contributed by atoms with Crippen LogP contribution in [0.4, 0.5) is 10.1 Å². The fourth-order valence-corrected chi connectivity index (χ4v) is 2.05. The molecule has 1 aromatic carbocycles. The van der Waals surface area contributed by atoms with Crippen molar-refractivity contribution in [1.82, 2.24) is 0 Å². The molecule has 2 rings (SSSR count). The highest BCUT2D eigenvalue weighted by Crippen LogP contribution is 2.37. The van der Waals surface area contributed by atoms with E-state index in [0.29, 0.717) is 0 Å². The van der Waals surface area contributed by atoms with Gasteiger partial charge in [-0.05, 0) is 33.8 Å². The second kappa shape index (κ2) is 5.00. The van der Waals surface area contributed by atoms with Gasteiger partial charge in [-0.25, -0.2) is 9.18 Å². The minimum absolute atomic E-state index is 0.0183. The van der Waals surface area contributed by atoms with Crippen LogP contribution in [0.25, 0.3) is 0 Å². The number of nitrogen functional groups attached to an aromatic ring is 1. The Balaban J connectivity index is 2.40. The standard InChI is InChI=1S/C14H19BFNO4/c1-13(2)14(3,4)21-15(20-13)9-7-6-8(12(18)19-5)11(17)10(9)16/h6-7H,17H2,1-5H3. The summed E-state index contributed by atoms with van der Waals surface area (Å²) in [4.78, 5) is 11.5. The van der Waals surface area contributed by atoms with E-state index in [1.165, 1.54) is 19.2 Å². The van der Waals surface area contributed by atoms with Gasteiger partial charge in [-0.2, -0.15) is 0 Å². The molecule has 1 aromatic rings. The summed E-state index contributed by atoms with van der Waals surface area (Å²) < 4.78 is 30.5. The number of ether oxygens (including phenoxy) is 1. The zero-order chi connectivity index (χ0) is 16.0. The van der Waals surface area contributed by atoms with E-state index in [9.17, 15) is 9.18 Å². The Kier molecular flexibility index (Phi) is 3.76. The lowest BCUT2D eigenvalue weighted by atomic mass is 9.78. The van der Waals surface area contributed by atoms with Gasteiger partial charge < -0.3 is 19.8 Å². The molecule has 1 aliphatic rings. The molecule has 0 saturated carbocycles. The van der Waals surface area contributed by atoms with E-state index in [-0.39, 0.29) is 16.7 Å². The van der Waals surface area contributed by atoms with Crippen LogP contribution in [0.2, 0.25) is 0 Å². The number of carbonyl (C=O) groups is 1. The number of hydrogen-bond acceptors (Lipinski definition) is 5. The van der Waals surface area contributed by atoms with Crippen LogP contribution in [0.3, 0.4) is 0 Å². The maximum Gasteiger partial charge on any atom is 0.497 e. The fourth-order valence-electron chi connectivity index (χ4n) is 2.05. The minimum Gasteiger partial charge on any atom is -0.465 e. The largest absolute Gasteiger partial charge is 0.497 e. The lowest BCUT2D eigenvalue weighted by Crippen LogP contribution is -2.41. The summed E-state index contributed by atoms with van der Waals surface area (Å²) in [5.41, 5.74) is 4.39. The van der Waals surface area contributed by atoms with E-state index in [2.05, 4.69) is 4.74 Å². The number of anilines is 1. The lowest BCUT2D eigenvalue weighted by molar-refractivity contribution is 0.00578. The fraction of sp³-hybridized carbons (Fsp3) is 0.500. The van der Waals surface area contributed by atoms with Crippen molar-refractivity contribution in [2.75, 3.05) is 12.8 Å². The molecule has 7 heteroatoms. The highest BCUT2D eigenvalue weighted by molar-refractivity contribution is 6.62. The third-order valence-electron chi connectivity index (χ3n) is 4.12. The predicted octanol–water partition coefficient (Wildman–Crippen LogP) is 1.49. The Hall–Kier alpha value is -1.60. The van der Waals surface area contributed by atoms with Crippen LogP contribution >= 0.6 is 0 Å². The van der Waals surface area contributed by atoms with Crippen molar-refractivity contribution in [3.63, 3.8) is 0 Å². The van der Waals surface area contributed by atoms with Crippen molar-refractivity contribution < 1.29 is 23.2 Å². The second-order valence-corrected chi connectivity index (χ2v) is 6.01. The molecule has 0 bridgehead atoms. The van der Waals surface area contributed by atoms with Gasteiger partial charge >= 0.3 is 13.1 Å². The average Bonchev–Trinajstić information content (AvgIpc) is 2.60. The van der Waals surface area contributed by atoms with Gasteiger partial charge in [-0.15, -0.1) is 0 Å². The SMILES string of the molecule is COC(=O)c1ccc(B2OC(C)(C)C(C)(C)O2)c(F)c1N. The zero-order valence-corrected chi connectivity index (χ0v) is 12.8. The molecule has 114 valence electrons. The van der Waals surface area contributed by atoms with E-state index in [1.807, 2.05) is 27.7 Å². The third-order valence-corrected chi connectivity index (χ3v) is 4.12. The minimum atomic E-state index is -0.871. The number of benzene rings is 1. The quantitative estimate of drug-likeness (QED) is 0.508. The van der Waals surface area contributed by atoms with Crippen LogP contribution in [0.15, 0.2) is 12.1 Å². The summed E-state index contributed by atoms with van der Waals surface area (Å²) >= 11 is 0. The molecule has 0 aliphatic carbocycles. The monoisotopic (exact) mass is 295 g/mol. The summed E-state index contributed by atoms with van der Waals surface area (Å²) in [6, 6.07) is 2.84. The van der Waals surface area contributed by atoms with Gasteiger partial charge in [0.05, 0.1) is 29.6 Å². The van der Waals surface area contributed by atoms with Gasteiger partial charge in [-0.3, -0.25) is 0 Å². The molecule has 0 radical (unpaired) electrons. The van der Waals surface area contributed by atoms with Crippen molar-refractivity contribution >= 4 is 24.2 Å². The van der Waals surface area contributed by atoms with Gasteiger partial charge in [0.15, 0.2) is 0 Å². The van der Waals surface area contributed by atoms with Gasteiger partial charge in [0, 0.05) is 5.46 Å². The Labute approximate surface area is 123 Å². The summed E-state index contributed by atoms with van der Waals surface area (Å²) in [5.74, 6) is -1.41. The first-order valence-corrected chi connectivity index (χ1v) is 6.62. The first-order valence-electron chi connectivity index (χ1n) is 6.62. The van der Waals surface area contributed by atoms with Crippen molar-refractivity contribution in [2.24, 2.45) is 0 Å². The molecule has 0 spiro atoms. The molecular weight excluding hydrogens is 276 g/mol. The van der Waals surface area contributed by atoms with Crippen LogP contribution in [-0.4, -0.2) is 31.4 Å². The maximum atomic E-state index is 14.4. The van der Waals surface area contributed by atoms with Gasteiger partial charge in [0.25, 0.3) is 0 Å². The van der Waals surface area contributed by atoms with Crippen LogP contribution in [0.5, 0.6) is 0 Å². The van der Waals surface area contributed by atoms with Crippen molar-refractivity contribution in [1.29, 1.82) is 0 Å². The Morgan fingerprint density at radius 1 is 1.24 bits per heavy atom. The number of nitrogens with two attached hydrogens (primary N) is 1. The molecule has 1 heterocycles. The van der Waals surface area contributed by atoms with Crippen LogP contribution in [0.1, 0.15) is 38.1 Å². The average molecular weight is 295 g/mol. The molecule has 0 unspecified atom stereocenters. The van der Waals surface area contributed by atoms with Crippen molar-refractivity contribution in [3.8, 4) is 0 Å². The van der Waals surface area contributed by atoms with Gasteiger partial charge in [0.1, 0.15) is 5.82 Å². The predicted molar refractivity (Wildman–Crippen MR) is 77.9 cm³/mol. The molecule has 1 saturated heterocycles. The smallest absolute Gasteiger partial charge is 0.465 e. The van der Waals surface area contributed by atoms with Gasteiger partial charge in [-0.1, -0.05) is 6.07 Å². The second-order valence-electron chi connectivity index (χ2n) is 6.01. The normalized spacial score (nSPS) is 19.6. The van der Waals surface area contributed by atoms with Crippen molar-refractivity contribution in [2.45, 2.75) is 38.9 Å². The maximum absolute atomic E-state index is 14.4. The number of rotatable bonds is 2. The summed E-state index contributed by atoms with van der Waals surface area (Å²) in [7, 11) is 0.339. The molecule has 0 aromatic heterocycles. The first kappa shape index (κ1) is 15.8. The van der Waals surface area contributed by atoms with E-state index in [1.54, 1.807) is 0 Å². The van der Waals surface area contributed by atoms with E-state index >= 15 is 0 Å². The van der Waals surface area contributed by atoms with Gasteiger partial charge in [0.2, 0.25) is 0 Å². The summed E-state index contributed by atoms with van der Waals surface area (Å²) in [6.07, 6.45) is 0. The molecule has 2 N–H and O–H groups in total.